The molecule has 4 aromatic carbocycles. The van der Waals surface area contributed by atoms with Crippen molar-refractivity contribution in [3.05, 3.63) is 94.4 Å². The Morgan fingerprint density at radius 1 is 0.865 bits per heavy atom. The molecule has 0 atom stereocenters. The van der Waals surface area contributed by atoms with E-state index in [1.54, 1.807) is 48.5 Å². The molecule has 0 bridgehead atoms. The number of nitrogens with one attached hydrogen (secondary N) is 3. The van der Waals surface area contributed by atoms with Crippen molar-refractivity contribution in [1.82, 2.24) is 10.3 Å². The third-order valence-corrected chi connectivity index (χ3v) is 9.51. The highest BCUT2D eigenvalue weighted by molar-refractivity contribution is 7.99. The van der Waals surface area contributed by atoms with Crippen LogP contribution in [0.3, 0.4) is 0 Å². The zero-order valence-electron chi connectivity index (χ0n) is 28.8. The molecule has 1 heterocycles. The Kier molecular flexibility index (Phi) is 12.7. The summed E-state index contributed by atoms with van der Waals surface area (Å²) in [6.07, 6.45) is 0.540. The number of ether oxygens (including phenoxy) is 2. The van der Waals surface area contributed by atoms with Gasteiger partial charge in [0.1, 0.15) is 22.1 Å². The van der Waals surface area contributed by atoms with E-state index in [0.717, 1.165) is 28.2 Å². The van der Waals surface area contributed by atoms with Crippen LogP contribution in [0.25, 0.3) is 22.0 Å². The summed E-state index contributed by atoms with van der Waals surface area (Å²) in [6.45, 7) is 6.27. The Morgan fingerprint density at radius 2 is 1.63 bits per heavy atom. The van der Waals surface area contributed by atoms with Gasteiger partial charge in [0.05, 0.1) is 30.2 Å². The molecule has 0 radical (unpaired) electrons. The molecule has 1 aromatic heterocycles. The number of aromatic hydroxyl groups is 1. The second-order valence-corrected chi connectivity index (χ2v) is 13.9. The highest BCUT2D eigenvalue weighted by atomic mass is 32.2. The van der Waals surface area contributed by atoms with Crippen LogP contribution >= 0.6 is 23.1 Å². The average molecular weight is 743 g/mol. The van der Waals surface area contributed by atoms with E-state index < -0.39 is 17.8 Å². The number of carboxylic acid groups (broad SMARTS) is 1. The molecular weight excluding hydrogens is 705 g/mol. The van der Waals surface area contributed by atoms with Gasteiger partial charge in [-0.25, -0.2) is 4.98 Å². The van der Waals surface area contributed by atoms with Crippen molar-refractivity contribution in [2.24, 2.45) is 0 Å². The zero-order valence-corrected chi connectivity index (χ0v) is 30.4. The van der Waals surface area contributed by atoms with Gasteiger partial charge in [-0.1, -0.05) is 65.4 Å². The predicted molar refractivity (Wildman–Crippen MR) is 204 cm³/mol. The van der Waals surface area contributed by atoms with Gasteiger partial charge in [-0.05, 0) is 50.1 Å². The molecular formula is C38H38N4O8S2. The number of thioether (sulfide) groups is 1. The zero-order chi connectivity index (χ0) is 37.2. The van der Waals surface area contributed by atoms with E-state index >= 15 is 0 Å². The Balaban J connectivity index is 1.36. The highest BCUT2D eigenvalue weighted by Crippen LogP contribution is 2.38. The molecule has 0 saturated heterocycles. The molecule has 52 heavy (non-hydrogen) atoms. The van der Waals surface area contributed by atoms with Crippen LogP contribution in [0.4, 0.5) is 10.8 Å². The van der Waals surface area contributed by atoms with Crippen LogP contribution in [0.15, 0.2) is 72.8 Å². The van der Waals surface area contributed by atoms with Gasteiger partial charge in [-0.2, -0.15) is 0 Å². The minimum Gasteiger partial charge on any atom is -0.506 e. The summed E-state index contributed by atoms with van der Waals surface area (Å²) in [6, 6.07) is 21.1. The third kappa shape index (κ3) is 9.80. The number of carbonyl (C=O) groups excluding carboxylic acids is 3. The monoisotopic (exact) mass is 742 g/mol. The second kappa shape index (κ2) is 17.6. The van der Waals surface area contributed by atoms with Gasteiger partial charge in [0.2, 0.25) is 5.91 Å². The Morgan fingerprint density at radius 3 is 2.38 bits per heavy atom. The van der Waals surface area contributed by atoms with Crippen molar-refractivity contribution in [3.8, 4) is 28.5 Å². The van der Waals surface area contributed by atoms with Gasteiger partial charge in [0, 0.05) is 41.2 Å². The minimum atomic E-state index is -0.927. The molecule has 270 valence electrons. The van der Waals surface area contributed by atoms with Crippen LogP contribution < -0.4 is 25.4 Å². The van der Waals surface area contributed by atoms with Gasteiger partial charge < -0.3 is 30.3 Å². The second-order valence-electron chi connectivity index (χ2n) is 11.8. The van der Waals surface area contributed by atoms with E-state index in [-0.39, 0.29) is 39.6 Å². The number of amides is 3. The molecule has 12 nitrogen and oxygen atoms in total. The van der Waals surface area contributed by atoms with Crippen molar-refractivity contribution < 1.29 is 38.9 Å². The maximum absolute atomic E-state index is 13.7. The Bertz CT molecular complexity index is 2120. The highest BCUT2D eigenvalue weighted by Gasteiger charge is 2.24. The topological polar surface area (TPSA) is 176 Å². The lowest BCUT2D eigenvalue weighted by Gasteiger charge is -2.13. The molecule has 14 heteroatoms. The minimum absolute atomic E-state index is 0.0666. The molecule has 0 aliphatic rings. The molecule has 0 aliphatic heterocycles. The number of anilines is 2. The summed E-state index contributed by atoms with van der Waals surface area (Å²) in [5, 5.41) is 29.5. The number of rotatable bonds is 16. The number of aliphatic carboxylic acids is 1. The first kappa shape index (κ1) is 37.7. The lowest BCUT2D eigenvalue weighted by atomic mass is 10.0. The Hall–Kier alpha value is -5.60. The SMILES string of the molecule is CC(=O)Nc1cccc(-c2nc(NC(=O)c3cc(OCCSCC(=O)O)c4ccccc4c3O)sc2C(=O)NCCCOc2ccc(C)cc2C)c1. The number of benzene rings is 4. The largest absolute Gasteiger partial charge is 0.506 e. The quantitative estimate of drug-likeness (QED) is 0.0670. The van der Waals surface area contributed by atoms with Crippen LogP contribution in [0.1, 0.15) is 44.5 Å². The van der Waals surface area contributed by atoms with Gasteiger partial charge in [-0.3, -0.25) is 24.5 Å². The van der Waals surface area contributed by atoms with E-state index in [4.69, 9.17) is 14.6 Å². The van der Waals surface area contributed by atoms with Gasteiger partial charge in [0.25, 0.3) is 11.8 Å². The van der Waals surface area contributed by atoms with Crippen molar-refractivity contribution in [3.63, 3.8) is 0 Å². The smallest absolute Gasteiger partial charge is 0.313 e. The van der Waals surface area contributed by atoms with Gasteiger partial charge >= 0.3 is 5.97 Å². The number of hydrogen-bond acceptors (Lipinski definition) is 10. The molecule has 5 rings (SSSR count). The molecule has 0 fully saturated rings. The van der Waals surface area contributed by atoms with Crippen molar-refractivity contribution in [2.75, 3.05) is 41.9 Å². The number of phenols is 1. The van der Waals surface area contributed by atoms with Crippen LogP contribution in [0.2, 0.25) is 0 Å². The molecule has 0 spiro atoms. The fraction of sp³-hybridized carbons (Fsp3) is 0.237. The van der Waals surface area contributed by atoms with E-state index in [0.29, 0.717) is 58.8 Å². The number of aryl methyl sites for hydroxylation is 2. The predicted octanol–water partition coefficient (Wildman–Crippen LogP) is 6.89. The number of phenolic OH excluding ortho intramolecular Hbond substituents is 1. The molecule has 5 N–H and O–H groups in total. The standard InChI is InChI=1S/C38H38N4O8S2/c1-22-12-13-30(23(2)18-22)49-15-7-14-39-37(48)35-33(25-8-6-9-26(19-25)40-24(3)43)41-38(52-35)42-36(47)29-20-31(50-16-17-51-21-32(44)45)27-10-4-5-11-28(27)34(29)46/h4-6,8-13,18-20,46H,7,14-17,21H2,1-3H3,(H,39,48)(H,40,43)(H,44,45)(H,41,42,47). The number of aromatic nitrogens is 1. The summed E-state index contributed by atoms with van der Waals surface area (Å²) >= 11 is 2.16. The maximum atomic E-state index is 13.7. The fourth-order valence-corrected chi connectivity index (χ4v) is 6.74. The normalized spacial score (nSPS) is 10.8. The summed E-state index contributed by atoms with van der Waals surface area (Å²) in [5.41, 5.74) is 3.43. The first-order chi connectivity index (χ1) is 25.0. The summed E-state index contributed by atoms with van der Waals surface area (Å²) < 4.78 is 11.8. The van der Waals surface area contributed by atoms with E-state index in [1.165, 1.54) is 24.8 Å². The van der Waals surface area contributed by atoms with Gasteiger partial charge in [0.15, 0.2) is 5.13 Å². The molecule has 3 amide bonds. The fourth-order valence-electron chi connectivity index (χ4n) is 5.32. The van der Waals surface area contributed by atoms with Crippen LogP contribution in [-0.4, -0.2) is 70.2 Å². The molecule has 0 unspecified atom stereocenters. The van der Waals surface area contributed by atoms with Crippen molar-refractivity contribution in [2.45, 2.75) is 27.2 Å². The Labute approximate surface area is 308 Å². The maximum Gasteiger partial charge on any atom is 0.313 e. The summed E-state index contributed by atoms with van der Waals surface area (Å²) in [5.74, 6) is -1.09. The first-order valence-corrected chi connectivity index (χ1v) is 18.3. The third-order valence-electron chi connectivity index (χ3n) is 7.64. The number of carboxylic acids is 1. The van der Waals surface area contributed by atoms with Gasteiger partial charge in [-0.15, -0.1) is 11.8 Å². The van der Waals surface area contributed by atoms with Crippen molar-refractivity contribution >= 4 is 68.4 Å². The number of hydrogen-bond donors (Lipinski definition) is 5. The lowest BCUT2D eigenvalue weighted by Crippen LogP contribution is -2.25. The van der Waals surface area contributed by atoms with E-state index in [1.807, 2.05) is 32.0 Å². The molecule has 0 aliphatic carbocycles. The number of thiazole rings is 1. The number of fused-ring (bicyclic) bond motifs is 1. The summed E-state index contributed by atoms with van der Waals surface area (Å²) in [7, 11) is 0. The van der Waals surface area contributed by atoms with E-state index in [9.17, 15) is 24.3 Å². The first-order valence-electron chi connectivity index (χ1n) is 16.4. The number of nitrogens with zero attached hydrogens (tertiary/aromatic N) is 1. The molecule has 0 saturated carbocycles. The van der Waals surface area contributed by atoms with Crippen LogP contribution in [-0.2, 0) is 9.59 Å². The summed E-state index contributed by atoms with van der Waals surface area (Å²) in [4.78, 5) is 54.7. The lowest BCUT2D eigenvalue weighted by molar-refractivity contribution is -0.133. The average Bonchev–Trinajstić information content (AvgIpc) is 3.53. The van der Waals surface area contributed by atoms with Crippen LogP contribution in [0, 0.1) is 13.8 Å². The van der Waals surface area contributed by atoms with Crippen molar-refractivity contribution in [1.29, 1.82) is 0 Å². The van der Waals surface area contributed by atoms with E-state index in [2.05, 4.69) is 20.9 Å². The molecule has 5 aromatic rings. The number of carbonyl (C=O) groups is 4. The van der Waals surface area contributed by atoms with Crippen LogP contribution in [0.5, 0.6) is 17.2 Å².